The van der Waals surface area contributed by atoms with Crippen molar-refractivity contribution in [3.63, 3.8) is 0 Å². The summed E-state index contributed by atoms with van der Waals surface area (Å²) in [6.07, 6.45) is -0.485. The molecule has 2 aliphatic heterocycles. The average molecular weight is 360 g/mol. The van der Waals surface area contributed by atoms with Gasteiger partial charge in [0.2, 0.25) is 0 Å². The monoisotopic (exact) mass is 360 g/mol. The SMILES string of the molecule is CCNC(=NCC1CN(C)CCN1C)NC1CCN(CC(F)F)CC1. The normalized spacial score (nSPS) is 25.5. The van der Waals surface area contributed by atoms with Crippen LogP contribution in [0.1, 0.15) is 19.8 Å². The van der Waals surface area contributed by atoms with Crippen LogP contribution in [0.2, 0.25) is 0 Å². The highest BCUT2D eigenvalue weighted by Crippen LogP contribution is 2.12. The van der Waals surface area contributed by atoms with Crippen LogP contribution in [0.25, 0.3) is 0 Å². The van der Waals surface area contributed by atoms with Gasteiger partial charge in [-0.25, -0.2) is 8.78 Å². The highest BCUT2D eigenvalue weighted by Gasteiger charge is 2.23. The van der Waals surface area contributed by atoms with E-state index in [9.17, 15) is 8.78 Å². The quantitative estimate of drug-likeness (QED) is 0.534. The van der Waals surface area contributed by atoms with Crippen molar-refractivity contribution < 1.29 is 8.78 Å². The summed E-state index contributed by atoms with van der Waals surface area (Å²) in [7, 11) is 4.31. The van der Waals surface area contributed by atoms with E-state index in [2.05, 4.69) is 41.5 Å². The van der Waals surface area contributed by atoms with Crippen LogP contribution >= 0.6 is 0 Å². The molecule has 2 aliphatic rings. The molecule has 0 radical (unpaired) electrons. The summed E-state index contributed by atoms with van der Waals surface area (Å²) in [6, 6.07) is 0.737. The predicted molar refractivity (Wildman–Crippen MR) is 98.5 cm³/mol. The first kappa shape index (κ1) is 20.3. The minimum Gasteiger partial charge on any atom is -0.357 e. The molecule has 0 spiro atoms. The largest absolute Gasteiger partial charge is 0.357 e. The van der Waals surface area contributed by atoms with Gasteiger partial charge in [0, 0.05) is 51.4 Å². The molecule has 6 nitrogen and oxygen atoms in total. The van der Waals surface area contributed by atoms with E-state index < -0.39 is 6.43 Å². The van der Waals surface area contributed by atoms with Gasteiger partial charge in [-0.1, -0.05) is 0 Å². The van der Waals surface area contributed by atoms with Crippen LogP contribution in [-0.4, -0.2) is 106 Å². The van der Waals surface area contributed by atoms with Crippen molar-refractivity contribution in [1.82, 2.24) is 25.3 Å². The van der Waals surface area contributed by atoms with Gasteiger partial charge in [-0.05, 0) is 33.9 Å². The molecule has 0 aromatic rings. The molecule has 1 unspecified atom stereocenters. The molecular weight excluding hydrogens is 326 g/mol. The zero-order chi connectivity index (χ0) is 18.2. The van der Waals surface area contributed by atoms with E-state index in [4.69, 9.17) is 4.99 Å². The zero-order valence-electron chi connectivity index (χ0n) is 15.8. The molecule has 2 fully saturated rings. The standard InChI is InChI=1S/C17H34F2N6/c1-4-20-17(21-11-15-12-23(2)9-10-24(15)3)22-14-5-7-25(8-6-14)13-16(18)19/h14-16H,4-13H2,1-3H3,(H2,20,21,22). The molecule has 146 valence electrons. The fraction of sp³-hybridized carbons (Fsp3) is 0.941. The third-order valence-corrected chi connectivity index (χ3v) is 5.11. The van der Waals surface area contributed by atoms with E-state index >= 15 is 0 Å². The molecule has 0 aromatic heterocycles. The first-order valence-corrected chi connectivity index (χ1v) is 9.42. The maximum atomic E-state index is 12.5. The molecule has 0 saturated carbocycles. The van der Waals surface area contributed by atoms with Crippen LogP contribution in [0.4, 0.5) is 8.78 Å². The Morgan fingerprint density at radius 1 is 1.16 bits per heavy atom. The summed E-state index contributed by atoms with van der Waals surface area (Å²) in [5.74, 6) is 0.844. The fourth-order valence-corrected chi connectivity index (χ4v) is 3.46. The maximum absolute atomic E-state index is 12.5. The summed E-state index contributed by atoms with van der Waals surface area (Å²) in [6.45, 7) is 8.18. The molecule has 0 aliphatic carbocycles. The van der Waals surface area contributed by atoms with Crippen LogP contribution < -0.4 is 10.6 Å². The lowest BCUT2D eigenvalue weighted by atomic mass is 10.1. The number of hydrogen-bond acceptors (Lipinski definition) is 4. The van der Waals surface area contributed by atoms with Crippen LogP contribution in [0.5, 0.6) is 0 Å². The number of aliphatic imine (C=N–C) groups is 1. The van der Waals surface area contributed by atoms with E-state index in [0.29, 0.717) is 12.1 Å². The lowest BCUT2D eigenvalue weighted by Gasteiger charge is -2.37. The Labute approximate surface area is 150 Å². The van der Waals surface area contributed by atoms with E-state index in [1.54, 1.807) is 0 Å². The molecular formula is C17H34F2N6. The summed E-state index contributed by atoms with van der Waals surface area (Å²) >= 11 is 0. The smallest absolute Gasteiger partial charge is 0.251 e. The van der Waals surface area contributed by atoms with Crippen molar-refractivity contribution in [2.45, 2.75) is 38.3 Å². The van der Waals surface area contributed by atoms with Crippen molar-refractivity contribution in [3.05, 3.63) is 0 Å². The van der Waals surface area contributed by atoms with Gasteiger partial charge >= 0.3 is 0 Å². The second-order valence-electron chi connectivity index (χ2n) is 7.23. The zero-order valence-corrected chi connectivity index (χ0v) is 15.8. The number of halogens is 2. The van der Waals surface area contributed by atoms with Crippen molar-refractivity contribution in [3.8, 4) is 0 Å². The Morgan fingerprint density at radius 2 is 1.88 bits per heavy atom. The number of piperidine rings is 1. The minimum atomic E-state index is -2.24. The van der Waals surface area contributed by atoms with Crippen molar-refractivity contribution in [1.29, 1.82) is 0 Å². The lowest BCUT2D eigenvalue weighted by molar-refractivity contribution is 0.0744. The maximum Gasteiger partial charge on any atom is 0.251 e. The molecule has 0 bridgehead atoms. The Hall–Kier alpha value is -0.990. The Morgan fingerprint density at radius 3 is 2.52 bits per heavy atom. The summed E-state index contributed by atoms with van der Waals surface area (Å²) in [5, 5.41) is 6.80. The van der Waals surface area contributed by atoms with Gasteiger partial charge in [-0.15, -0.1) is 0 Å². The third kappa shape index (κ3) is 7.03. The average Bonchev–Trinajstić information content (AvgIpc) is 2.57. The van der Waals surface area contributed by atoms with E-state index in [1.807, 2.05) is 4.90 Å². The molecule has 2 heterocycles. The van der Waals surface area contributed by atoms with Crippen LogP contribution in [0.3, 0.4) is 0 Å². The number of alkyl halides is 2. The molecule has 2 N–H and O–H groups in total. The molecule has 0 aromatic carbocycles. The Kier molecular flexibility index (Phi) is 8.32. The van der Waals surface area contributed by atoms with E-state index in [1.165, 1.54) is 0 Å². The van der Waals surface area contributed by atoms with Gasteiger partial charge in [0.05, 0.1) is 13.1 Å². The van der Waals surface area contributed by atoms with E-state index in [0.717, 1.165) is 64.6 Å². The molecule has 2 rings (SSSR count). The van der Waals surface area contributed by atoms with Gasteiger partial charge in [0.15, 0.2) is 5.96 Å². The fourth-order valence-electron chi connectivity index (χ4n) is 3.46. The van der Waals surface area contributed by atoms with Crippen molar-refractivity contribution >= 4 is 5.96 Å². The number of hydrogen-bond donors (Lipinski definition) is 2. The summed E-state index contributed by atoms with van der Waals surface area (Å²) in [5.41, 5.74) is 0. The van der Waals surface area contributed by atoms with Gasteiger partial charge in [0.1, 0.15) is 0 Å². The lowest BCUT2D eigenvalue weighted by Crippen LogP contribution is -2.52. The summed E-state index contributed by atoms with van der Waals surface area (Å²) in [4.78, 5) is 11.3. The topological polar surface area (TPSA) is 46.1 Å². The van der Waals surface area contributed by atoms with E-state index in [-0.39, 0.29) is 6.54 Å². The molecule has 8 heteroatoms. The highest BCUT2D eigenvalue weighted by molar-refractivity contribution is 5.80. The first-order chi connectivity index (χ1) is 12.0. The Balaban J connectivity index is 1.81. The number of likely N-dealkylation sites (N-methyl/N-ethyl adjacent to an activating group) is 2. The first-order valence-electron chi connectivity index (χ1n) is 9.42. The number of guanidine groups is 1. The minimum absolute atomic E-state index is 0.109. The number of nitrogens with zero attached hydrogens (tertiary/aromatic N) is 4. The van der Waals surface area contributed by atoms with Crippen molar-refractivity contribution in [2.75, 3.05) is 66.5 Å². The number of likely N-dealkylation sites (tertiary alicyclic amines) is 1. The molecule has 0 amide bonds. The predicted octanol–water partition coefficient (Wildman–Crippen LogP) is 0.517. The van der Waals surface area contributed by atoms with Crippen molar-refractivity contribution in [2.24, 2.45) is 4.99 Å². The molecule has 2 saturated heterocycles. The second kappa shape index (κ2) is 10.2. The van der Waals surface area contributed by atoms with Crippen LogP contribution in [0.15, 0.2) is 4.99 Å². The van der Waals surface area contributed by atoms with Gasteiger partial charge in [-0.2, -0.15) is 0 Å². The van der Waals surface area contributed by atoms with Gasteiger partial charge < -0.3 is 15.5 Å². The number of rotatable bonds is 6. The summed E-state index contributed by atoms with van der Waals surface area (Å²) < 4.78 is 24.9. The van der Waals surface area contributed by atoms with Gasteiger partial charge in [-0.3, -0.25) is 14.8 Å². The highest BCUT2D eigenvalue weighted by atomic mass is 19.3. The number of piperazine rings is 1. The van der Waals surface area contributed by atoms with Crippen LogP contribution in [0, 0.1) is 0 Å². The Bertz CT molecular complexity index is 412. The van der Waals surface area contributed by atoms with Crippen LogP contribution in [-0.2, 0) is 0 Å². The molecule has 25 heavy (non-hydrogen) atoms. The molecule has 1 atom stereocenters. The number of nitrogens with one attached hydrogen (secondary N) is 2. The third-order valence-electron chi connectivity index (χ3n) is 5.11. The van der Waals surface area contributed by atoms with Gasteiger partial charge in [0.25, 0.3) is 6.43 Å². The second-order valence-corrected chi connectivity index (χ2v) is 7.23.